The minimum absolute atomic E-state index is 0.180. The second-order valence-electron chi connectivity index (χ2n) is 11.1. The van der Waals surface area contributed by atoms with E-state index in [4.69, 9.17) is 9.47 Å². The van der Waals surface area contributed by atoms with Crippen molar-refractivity contribution in [1.29, 1.82) is 0 Å². The predicted octanol–water partition coefficient (Wildman–Crippen LogP) is 2.71. The van der Waals surface area contributed by atoms with E-state index in [1.807, 2.05) is 51.1 Å². The molecule has 2 bridgehead atoms. The number of halogens is 1. The number of amides is 2. The summed E-state index contributed by atoms with van der Waals surface area (Å²) >= 11 is 3.67. The Labute approximate surface area is 227 Å². The van der Waals surface area contributed by atoms with Crippen LogP contribution in [0.5, 0.6) is 0 Å². The fourth-order valence-electron chi connectivity index (χ4n) is 6.36. The lowest BCUT2D eigenvalue weighted by atomic mass is 9.70. The number of alkyl halides is 1. The highest BCUT2D eigenvalue weighted by atomic mass is 79.9. The summed E-state index contributed by atoms with van der Waals surface area (Å²) in [5.41, 5.74) is -0.841. The van der Waals surface area contributed by atoms with E-state index in [9.17, 15) is 19.5 Å². The quantitative estimate of drug-likeness (QED) is 0.276. The molecule has 37 heavy (non-hydrogen) atoms. The number of rotatable bonds is 9. The van der Waals surface area contributed by atoms with Crippen molar-refractivity contribution in [1.82, 2.24) is 9.80 Å². The molecule has 3 aliphatic heterocycles. The smallest absolute Gasteiger partial charge is 0.312 e. The standard InChI is InChI=1S/C28H37BrN2O6/c1-6-13-30(27(3,4)5)25(34)23-28-15-19(29)22(37-28)20(26(35)36-7-2)21(28)24(33)31(23)18(16-32)14-17-11-9-8-10-12-17/h6,8-12,18-23,32H,1,7,13-16H2,2-5H3/t18-,19?,20-,21+,22-,23-,28+/m1/s1. The molecule has 0 aliphatic carbocycles. The summed E-state index contributed by atoms with van der Waals surface area (Å²) in [7, 11) is 0. The van der Waals surface area contributed by atoms with E-state index in [0.717, 1.165) is 5.56 Å². The molecule has 1 aromatic carbocycles. The van der Waals surface area contributed by atoms with Crippen LogP contribution >= 0.6 is 15.9 Å². The number of carbonyl (C=O) groups excluding carboxylic acids is 3. The van der Waals surface area contributed by atoms with Gasteiger partial charge in [-0.3, -0.25) is 14.4 Å². The molecule has 0 saturated carbocycles. The summed E-state index contributed by atoms with van der Waals surface area (Å²) < 4.78 is 11.9. The largest absolute Gasteiger partial charge is 0.466 e. The summed E-state index contributed by atoms with van der Waals surface area (Å²) in [5, 5.41) is 10.5. The second-order valence-corrected chi connectivity index (χ2v) is 12.3. The molecule has 3 saturated heterocycles. The molecule has 1 spiro atoms. The summed E-state index contributed by atoms with van der Waals surface area (Å²) in [6, 6.07) is 7.87. The van der Waals surface area contributed by atoms with Crippen LogP contribution in [0.25, 0.3) is 0 Å². The Balaban J connectivity index is 1.84. The van der Waals surface area contributed by atoms with Gasteiger partial charge in [-0.15, -0.1) is 6.58 Å². The summed E-state index contributed by atoms with van der Waals surface area (Å²) in [5.74, 6) is -2.81. The number of carbonyl (C=O) groups is 3. The van der Waals surface area contributed by atoms with Crippen LogP contribution in [0, 0.1) is 11.8 Å². The first-order valence-electron chi connectivity index (χ1n) is 12.9. The van der Waals surface area contributed by atoms with Crippen LogP contribution in [-0.4, -0.2) is 86.6 Å². The average Bonchev–Trinajstić information content (AvgIpc) is 3.44. The fraction of sp³-hybridized carbons (Fsp3) is 0.607. The second kappa shape index (κ2) is 10.5. The number of esters is 1. The molecule has 2 amide bonds. The average molecular weight is 578 g/mol. The molecular weight excluding hydrogens is 540 g/mol. The number of likely N-dealkylation sites (tertiary alicyclic amines) is 1. The van der Waals surface area contributed by atoms with Crippen molar-refractivity contribution >= 4 is 33.7 Å². The lowest BCUT2D eigenvalue weighted by Crippen LogP contribution is -2.62. The molecule has 0 radical (unpaired) electrons. The normalized spacial score (nSPS) is 31.2. The molecular formula is C28H37BrN2O6. The van der Waals surface area contributed by atoms with Gasteiger partial charge in [0.15, 0.2) is 0 Å². The van der Waals surface area contributed by atoms with E-state index in [2.05, 4.69) is 22.5 Å². The van der Waals surface area contributed by atoms with Crippen molar-refractivity contribution in [3.05, 3.63) is 48.6 Å². The highest BCUT2D eigenvalue weighted by Crippen LogP contribution is 2.61. The van der Waals surface area contributed by atoms with Gasteiger partial charge < -0.3 is 24.4 Å². The number of fused-ring (bicyclic) bond motifs is 1. The van der Waals surface area contributed by atoms with Crippen LogP contribution in [0.1, 0.15) is 39.7 Å². The number of ether oxygens (including phenoxy) is 2. The number of benzene rings is 1. The summed E-state index contributed by atoms with van der Waals surface area (Å²) in [4.78, 5) is 44.8. The Kier molecular flexibility index (Phi) is 7.89. The van der Waals surface area contributed by atoms with E-state index in [0.29, 0.717) is 12.8 Å². The van der Waals surface area contributed by atoms with Crippen LogP contribution in [0.15, 0.2) is 43.0 Å². The van der Waals surface area contributed by atoms with E-state index >= 15 is 0 Å². The maximum absolute atomic E-state index is 14.4. The van der Waals surface area contributed by atoms with Crippen molar-refractivity contribution < 1.29 is 29.0 Å². The monoisotopic (exact) mass is 576 g/mol. The van der Waals surface area contributed by atoms with Crippen molar-refractivity contribution in [2.45, 2.75) is 74.7 Å². The lowest BCUT2D eigenvalue weighted by molar-refractivity contribution is -0.157. The topological polar surface area (TPSA) is 96.4 Å². The number of aliphatic hydroxyl groups excluding tert-OH is 1. The van der Waals surface area contributed by atoms with E-state index in [1.165, 1.54) is 4.90 Å². The number of nitrogens with zero attached hydrogens (tertiary/aromatic N) is 2. The maximum Gasteiger partial charge on any atom is 0.312 e. The molecule has 1 N–H and O–H groups in total. The zero-order chi connectivity index (χ0) is 27.1. The third kappa shape index (κ3) is 4.63. The van der Waals surface area contributed by atoms with Crippen LogP contribution in [0.2, 0.25) is 0 Å². The van der Waals surface area contributed by atoms with Crippen molar-refractivity contribution in [2.75, 3.05) is 19.8 Å². The predicted molar refractivity (Wildman–Crippen MR) is 142 cm³/mol. The van der Waals surface area contributed by atoms with Crippen molar-refractivity contribution in [3.63, 3.8) is 0 Å². The van der Waals surface area contributed by atoms with Gasteiger partial charge in [-0.2, -0.15) is 0 Å². The van der Waals surface area contributed by atoms with Gasteiger partial charge in [-0.05, 0) is 46.1 Å². The maximum atomic E-state index is 14.4. The minimum atomic E-state index is -1.21. The number of hydrogen-bond acceptors (Lipinski definition) is 6. The van der Waals surface area contributed by atoms with E-state index in [-0.39, 0.29) is 36.4 Å². The van der Waals surface area contributed by atoms with Gasteiger partial charge in [0.1, 0.15) is 11.6 Å². The zero-order valence-electron chi connectivity index (χ0n) is 21.9. The van der Waals surface area contributed by atoms with Crippen LogP contribution in [0.3, 0.4) is 0 Å². The van der Waals surface area contributed by atoms with Gasteiger partial charge >= 0.3 is 5.97 Å². The van der Waals surface area contributed by atoms with Crippen LogP contribution < -0.4 is 0 Å². The van der Waals surface area contributed by atoms with E-state index < -0.39 is 47.1 Å². The zero-order valence-corrected chi connectivity index (χ0v) is 23.5. The van der Waals surface area contributed by atoms with Gasteiger partial charge in [-0.1, -0.05) is 52.3 Å². The van der Waals surface area contributed by atoms with Crippen molar-refractivity contribution in [3.8, 4) is 0 Å². The van der Waals surface area contributed by atoms with Gasteiger partial charge in [0.05, 0.1) is 37.2 Å². The molecule has 3 heterocycles. The van der Waals surface area contributed by atoms with Crippen LogP contribution in [-0.2, 0) is 30.3 Å². The Bertz CT molecular complexity index is 1040. The molecule has 4 rings (SSSR count). The minimum Gasteiger partial charge on any atom is -0.466 e. The number of aliphatic hydroxyl groups is 1. The molecule has 202 valence electrons. The van der Waals surface area contributed by atoms with Gasteiger partial charge in [0, 0.05) is 16.9 Å². The molecule has 7 atom stereocenters. The SMILES string of the molecule is C=CCN(C(=O)[C@H]1N([C@@H](CO)Cc2ccccc2)C(=O)[C@@H]2[C@@H](C(=O)OCC)[C@@H]3O[C@@]21CC3Br)C(C)(C)C. The third-order valence-corrected chi connectivity index (χ3v) is 8.67. The fourth-order valence-corrected chi connectivity index (χ4v) is 7.30. The highest BCUT2D eigenvalue weighted by Gasteiger charge is 2.77. The number of hydrogen-bond donors (Lipinski definition) is 1. The van der Waals surface area contributed by atoms with Gasteiger partial charge in [0.25, 0.3) is 0 Å². The summed E-state index contributed by atoms with van der Waals surface area (Å²) in [6.45, 7) is 11.5. The Morgan fingerprint density at radius 2 is 2.03 bits per heavy atom. The molecule has 8 nitrogen and oxygen atoms in total. The first kappa shape index (κ1) is 27.8. The Morgan fingerprint density at radius 1 is 1.35 bits per heavy atom. The van der Waals surface area contributed by atoms with Gasteiger partial charge in [-0.25, -0.2) is 0 Å². The molecule has 1 aromatic rings. The molecule has 3 fully saturated rings. The first-order chi connectivity index (χ1) is 17.5. The molecule has 9 heteroatoms. The Hall–Kier alpha value is -2.23. The summed E-state index contributed by atoms with van der Waals surface area (Å²) in [6.07, 6.45) is 1.84. The molecule has 3 aliphatic rings. The van der Waals surface area contributed by atoms with Gasteiger partial charge in [0.2, 0.25) is 11.8 Å². The van der Waals surface area contributed by atoms with Crippen LogP contribution in [0.4, 0.5) is 0 Å². The van der Waals surface area contributed by atoms with Crippen molar-refractivity contribution in [2.24, 2.45) is 11.8 Å². The Morgan fingerprint density at radius 3 is 2.59 bits per heavy atom. The molecule has 0 aromatic heterocycles. The molecule has 1 unspecified atom stereocenters. The highest BCUT2D eigenvalue weighted by molar-refractivity contribution is 9.09. The van der Waals surface area contributed by atoms with E-state index in [1.54, 1.807) is 17.9 Å². The lowest BCUT2D eigenvalue weighted by Gasteiger charge is -2.43. The first-order valence-corrected chi connectivity index (χ1v) is 13.8. The third-order valence-electron chi connectivity index (χ3n) is 7.83.